The number of nitrogens with two attached hydrogens (primary N) is 1. The Kier molecular flexibility index (Phi) is 3.76. The van der Waals surface area contributed by atoms with E-state index in [4.69, 9.17) is 10.5 Å². The lowest BCUT2D eigenvalue weighted by Gasteiger charge is -2.42. The minimum atomic E-state index is 0.0763. The van der Waals surface area contributed by atoms with Crippen LogP contribution in [0.5, 0.6) is 5.75 Å². The highest BCUT2D eigenvalue weighted by Crippen LogP contribution is 2.27. The molecule has 2 fully saturated rings. The van der Waals surface area contributed by atoms with Gasteiger partial charge < -0.3 is 15.4 Å². The van der Waals surface area contributed by atoms with Crippen LogP contribution < -0.4 is 10.5 Å². The highest BCUT2D eigenvalue weighted by atomic mass is 16.5. The zero-order chi connectivity index (χ0) is 15.0. The average Bonchev–Trinajstić information content (AvgIpc) is 2.93. The number of hydrogen-bond donors (Lipinski definition) is 1. The van der Waals surface area contributed by atoms with Crippen molar-refractivity contribution < 1.29 is 9.53 Å². The van der Waals surface area contributed by atoms with E-state index < -0.39 is 0 Å². The maximum absolute atomic E-state index is 12.8. The second-order valence-corrected chi connectivity index (χ2v) is 6.05. The van der Waals surface area contributed by atoms with Gasteiger partial charge in [-0.25, -0.2) is 0 Å². The fraction of sp³-hybridized carbons (Fsp3) is 0.562. The molecule has 2 N–H and O–H groups in total. The van der Waals surface area contributed by atoms with Gasteiger partial charge in [-0.2, -0.15) is 0 Å². The van der Waals surface area contributed by atoms with Crippen LogP contribution in [-0.2, 0) is 0 Å². The predicted molar refractivity (Wildman–Crippen MR) is 82.5 cm³/mol. The molecule has 2 aliphatic rings. The molecule has 2 saturated heterocycles. The minimum Gasteiger partial charge on any atom is -0.495 e. The standard InChI is InChI=1S/C16H23N3O2/c1-11-9-18-7-3-4-13(18)10-19(11)16(20)12-5-6-14(17)15(8-12)21-2/h5-6,8,11,13H,3-4,7,9-10,17H2,1-2H3. The molecule has 2 unspecified atom stereocenters. The summed E-state index contributed by atoms with van der Waals surface area (Å²) in [6.45, 7) is 5.10. The van der Waals surface area contributed by atoms with Crippen molar-refractivity contribution in [2.75, 3.05) is 32.5 Å². The fourth-order valence-corrected chi connectivity index (χ4v) is 3.48. The third kappa shape index (κ3) is 2.58. The number of benzene rings is 1. The number of hydrogen-bond acceptors (Lipinski definition) is 4. The van der Waals surface area contributed by atoms with Gasteiger partial charge in [0.25, 0.3) is 5.91 Å². The summed E-state index contributed by atoms with van der Waals surface area (Å²) in [5.41, 5.74) is 7.03. The topological polar surface area (TPSA) is 58.8 Å². The molecule has 3 rings (SSSR count). The summed E-state index contributed by atoms with van der Waals surface area (Å²) in [6, 6.07) is 6.04. The number of rotatable bonds is 2. The van der Waals surface area contributed by atoms with Crippen molar-refractivity contribution in [1.82, 2.24) is 9.80 Å². The van der Waals surface area contributed by atoms with Crippen LogP contribution in [-0.4, -0.2) is 54.5 Å². The Morgan fingerprint density at radius 3 is 2.95 bits per heavy atom. The average molecular weight is 289 g/mol. The number of methoxy groups -OCH3 is 1. The second kappa shape index (κ2) is 5.56. The van der Waals surface area contributed by atoms with Gasteiger partial charge in [-0.15, -0.1) is 0 Å². The first-order valence-corrected chi connectivity index (χ1v) is 7.58. The Balaban J connectivity index is 1.81. The number of fused-ring (bicyclic) bond motifs is 1. The molecule has 0 aromatic heterocycles. The largest absolute Gasteiger partial charge is 0.495 e. The third-order valence-corrected chi connectivity index (χ3v) is 4.68. The maximum atomic E-state index is 12.8. The van der Waals surface area contributed by atoms with Gasteiger partial charge in [-0.1, -0.05) is 0 Å². The smallest absolute Gasteiger partial charge is 0.254 e. The van der Waals surface area contributed by atoms with Crippen molar-refractivity contribution in [3.05, 3.63) is 23.8 Å². The Morgan fingerprint density at radius 1 is 1.38 bits per heavy atom. The fourth-order valence-electron chi connectivity index (χ4n) is 3.48. The highest BCUT2D eigenvalue weighted by Gasteiger charge is 2.36. The third-order valence-electron chi connectivity index (χ3n) is 4.68. The molecule has 21 heavy (non-hydrogen) atoms. The molecule has 114 valence electrons. The van der Waals surface area contributed by atoms with E-state index in [0.717, 1.165) is 13.1 Å². The van der Waals surface area contributed by atoms with E-state index in [9.17, 15) is 4.79 Å². The molecular weight excluding hydrogens is 266 g/mol. The lowest BCUT2D eigenvalue weighted by atomic mass is 10.1. The number of carbonyl (C=O) groups is 1. The molecule has 2 aliphatic heterocycles. The summed E-state index contributed by atoms with van der Waals surface area (Å²) in [6.07, 6.45) is 2.44. The van der Waals surface area contributed by atoms with Crippen LogP contribution in [0.1, 0.15) is 30.1 Å². The number of nitrogen functional groups attached to an aromatic ring is 1. The Hall–Kier alpha value is -1.75. The highest BCUT2D eigenvalue weighted by molar-refractivity contribution is 5.95. The van der Waals surface area contributed by atoms with Crippen LogP contribution in [0.15, 0.2) is 18.2 Å². The summed E-state index contributed by atoms with van der Waals surface area (Å²) in [5, 5.41) is 0. The zero-order valence-corrected chi connectivity index (χ0v) is 12.7. The molecule has 0 aliphatic carbocycles. The zero-order valence-electron chi connectivity index (χ0n) is 12.7. The molecule has 0 saturated carbocycles. The summed E-state index contributed by atoms with van der Waals surface area (Å²) >= 11 is 0. The van der Waals surface area contributed by atoms with Crippen LogP contribution in [0.4, 0.5) is 5.69 Å². The molecule has 5 heteroatoms. The van der Waals surface area contributed by atoms with Crippen molar-refractivity contribution >= 4 is 11.6 Å². The van der Waals surface area contributed by atoms with E-state index in [1.807, 2.05) is 4.90 Å². The molecule has 2 heterocycles. The maximum Gasteiger partial charge on any atom is 0.254 e. The van der Waals surface area contributed by atoms with Gasteiger partial charge in [0.15, 0.2) is 0 Å². The summed E-state index contributed by atoms with van der Waals surface area (Å²) in [5.74, 6) is 0.639. The SMILES string of the molecule is COc1cc(C(=O)N2CC3CCCN3CC2C)ccc1N. The van der Waals surface area contributed by atoms with Gasteiger partial charge in [0.2, 0.25) is 0 Å². The van der Waals surface area contributed by atoms with Crippen molar-refractivity contribution in [3.8, 4) is 5.75 Å². The molecule has 1 aromatic carbocycles. The number of amides is 1. The Labute approximate surface area is 125 Å². The van der Waals surface area contributed by atoms with Gasteiger partial charge in [0, 0.05) is 30.7 Å². The van der Waals surface area contributed by atoms with E-state index in [1.54, 1.807) is 25.3 Å². The van der Waals surface area contributed by atoms with E-state index in [1.165, 1.54) is 19.4 Å². The molecule has 0 radical (unpaired) electrons. The van der Waals surface area contributed by atoms with Gasteiger partial charge in [-0.05, 0) is 44.5 Å². The normalized spacial score (nSPS) is 25.7. The van der Waals surface area contributed by atoms with Crippen molar-refractivity contribution in [2.45, 2.75) is 31.8 Å². The van der Waals surface area contributed by atoms with Gasteiger partial charge >= 0.3 is 0 Å². The number of piperazine rings is 1. The van der Waals surface area contributed by atoms with Crippen LogP contribution in [0.3, 0.4) is 0 Å². The Bertz CT molecular complexity index is 546. The lowest BCUT2D eigenvalue weighted by Crippen LogP contribution is -2.56. The van der Waals surface area contributed by atoms with E-state index in [-0.39, 0.29) is 11.9 Å². The van der Waals surface area contributed by atoms with Gasteiger partial charge in [0.1, 0.15) is 5.75 Å². The number of nitrogens with zero attached hydrogens (tertiary/aromatic N) is 2. The van der Waals surface area contributed by atoms with Crippen LogP contribution in [0.2, 0.25) is 0 Å². The van der Waals surface area contributed by atoms with Gasteiger partial charge in [-0.3, -0.25) is 9.69 Å². The molecule has 1 aromatic rings. The van der Waals surface area contributed by atoms with E-state index >= 15 is 0 Å². The molecular formula is C16H23N3O2. The number of ether oxygens (including phenoxy) is 1. The first-order chi connectivity index (χ1) is 10.1. The molecule has 0 bridgehead atoms. The monoisotopic (exact) mass is 289 g/mol. The second-order valence-electron chi connectivity index (χ2n) is 6.05. The summed E-state index contributed by atoms with van der Waals surface area (Å²) < 4.78 is 5.22. The van der Waals surface area contributed by atoms with Crippen molar-refractivity contribution in [3.63, 3.8) is 0 Å². The molecule has 0 spiro atoms. The first-order valence-electron chi connectivity index (χ1n) is 7.58. The van der Waals surface area contributed by atoms with Crippen LogP contribution in [0.25, 0.3) is 0 Å². The minimum absolute atomic E-state index is 0.0763. The molecule has 5 nitrogen and oxygen atoms in total. The summed E-state index contributed by atoms with van der Waals surface area (Å²) in [7, 11) is 1.57. The molecule has 2 atom stereocenters. The predicted octanol–water partition coefficient (Wildman–Crippen LogP) is 1.59. The van der Waals surface area contributed by atoms with Crippen molar-refractivity contribution in [2.24, 2.45) is 0 Å². The van der Waals surface area contributed by atoms with Crippen molar-refractivity contribution in [1.29, 1.82) is 0 Å². The quantitative estimate of drug-likeness (QED) is 0.840. The number of carbonyl (C=O) groups excluding carboxylic acids is 1. The Morgan fingerprint density at radius 2 is 2.19 bits per heavy atom. The lowest BCUT2D eigenvalue weighted by molar-refractivity contribution is 0.0395. The molecule has 1 amide bonds. The first kappa shape index (κ1) is 14.2. The summed E-state index contributed by atoms with van der Waals surface area (Å²) in [4.78, 5) is 17.3. The van der Waals surface area contributed by atoms with Crippen LogP contribution in [0, 0.1) is 0 Å². The van der Waals surface area contributed by atoms with Gasteiger partial charge in [0.05, 0.1) is 12.8 Å². The van der Waals surface area contributed by atoms with E-state index in [2.05, 4.69) is 11.8 Å². The number of anilines is 1. The van der Waals surface area contributed by atoms with E-state index in [0.29, 0.717) is 23.0 Å². The van der Waals surface area contributed by atoms with Crippen LogP contribution >= 0.6 is 0 Å².